The van der Waals surface area contributed by atoms with E-state index in [1.807, 2.05) is 6.20 Å². The molecular weight excluding hydrogens is 200 g/mol. The van der Waals surface area contributed by atoms with Crippen LogP contribution in [-0.2, 0) is 6.42 Å². The topological polar surface area (TPSA) is 67.6 Å². The number of anilines is 1. The van der Waals surface area contributed by atoms with Gasteiger partial charge >= 0.3 is 0 Å². The second kappa shape index (κ2) is 4.07. The summed E-state index contributed by atoms with van der Waals surface area (Å²) in [6.07, 6.45) is 4.65. The number of nitrogens with two attached hydrogens (primary N) is 1. The van der Waals surface area contributed by atoms with Crippen LogP contribution in [0.2, 0.25) is 0 Å². The maximum Gasteiger partial charge on any atom is 0.101 e. The first-order valence-corrected chi connectivity index (χ1v) is 5.08. The van der Waals surface area contributed by atoms with Gasteiger partial charge in [0.2, 0.25) is 0 Å². The molecule has 0 amide bonds. The number of aryl methyl sites for hydroxylation is 1. The molecule has 1 aromatic carbocycles. The van der Waals surface area contributed by atoms with Crippen molar-refractivity contribution >= 4 is 5.69 Å². The molecule has 4 nitrogen and oxygen atoms in total. The minimum atomic E-state index is 0.533. The van der Waals surface area contributed by atoms with Crippen LogP contribution in [0.5, 0.6) is 0 Å². The summed E-state index contributed by atoms with van der Waals surface area (Å²) < 4.78 is 1.71. The predicted octanol–water partition coefficient (Wildman–Crippen LogP) is 1.89. The minimum Gasteiger partial charge on any atom is -0.399 e. The summed E-state index contributed by atoms with van der Waals surface area (Å²) >= 11 is 0. The van der Waals surface area contributed by atoms with Gasteiger partial charge in [0.25, 0.3) is 0 Å². The monoisotopic (exact) mass is 212 g/mol. The third-order valence-corrected chi connectivity index (χ3v) is 2.43. The van der Waals surface area contributed by atoms with Crippen LogP contribution in [0.1, 0.15) is 18.1 Å². The lowest BCUT2D eigenvalue weighted by Gasteiger charge is -2.04. The van der Waals surface area contributed by atoms with Crippen molar-refractivity contribution in [1.29, 1.82) is 5.26 Å². The van der Waals surface area contributed by atoms with E-state index in [4.69, 9.17) is 11.0 Å². The van der Waals surface area contributed by atoms with E-state index in [-0.39, 0.29) is 0 Å². The Bertz CT molecular complexity index is 548. The van der Waals surface area contributed by atoms with Gasteiger partial charge in [0.15, 0.2) is 0 Å². The Hall–Kier alpha value is -2.28. The molecule has 80 valence electrons. The first-order chi connectivity index (χ1) is 7.74. The summed E-state index contributed by atoms with van der Waals surface area (Å²) in [6, 6.07) is 7.35. The second-order valence-electron chi connectivity index (χ2n) is 3.54. The van der Waals surface area contributed by atoms with Crippen molar-refractivity contribution in [3.63, 3.8) is 0 Å². The highest BCUT2D eigenvalue weighted by atomic mass is 15.3. The summed E-state index contributed by atoms with van der Waals surface area (Å²) in [5.74, 6) is 0. The molecule has 0 atom stereocenters. The number of nitrogens with zero attached hydrogens (tertiary/aromatic N) is 3. The van der Waals surface area contributed by atoms with Crippen molar-refractivity contribution in [2.24, 2.45) is 0 Å². The number of rotatable bonds is 2. The smallest absolute Gasteiger partial charge is 0.101 e. The van der Waals surface area contributed by atoms with Crippen molar-refractivity contribution in [2.45, 2.75) is 13.3 Å². The van der Waals surface area contributed by atoms with Gasteiger partial charge in [0, 0.05) is 11.9 Å². The highest BCUT2D eigenvalue weighted by Crippen LogP contribution is 2.17. The van der Waals surface area contributed by atoms with Crippen LogP contribution in [0.4, 0.5) is 5.69 Å². The summed E-state index contributed by atoms with van der Waals surface area (Å²) in [5.41, 5.74) is 8.65. The standard InChI is InChI=1S/C12H12N4/c1-2-9-7-15-16(8-9)12-4-3-11(14)5-10(12)6-13/h3-5,7-8H,2,14H2,1H3. The SMILES string of the molecule is CCc1cnn(-c2ccc(N)cc2C#N)c1. The van der Waals surface area contributed by atoms with Crippen LogP contribution in [0.25, 0.3) is 5.69 Å². The molecule has 0 bridgehead atoms. The van der Waals surface area contributed by atoms with E-state index in [0.717, 1.165) is 17.7 Å². The molecule has 0 aliphatic heterocycles. The fourth-order valence-corrected chi connectivity index (χ4v) is 1.52. The van der Waals surface area contributed by atoms with Crippen molar-refractivity contribution in [3.05, 3.63) is 41.7 Å². The Morgan fingerprint density at radius 1 is 1.50 bits per heavy atom. The Kier molecular flexibility index (Phi) is 2.61. The number of nitrogen functional groups attached to an aromatic ring is 1. The number of hydrogen-bond donors (Lipinski definition) is 1. The van der Waals surface area contributed by atoms with Crippen molar-refractivity contribution < 1.29 is 0 Å². The van der Waals surface area contributed by atoms with Gasteiger partial charge in [-0.15, -0.1) is 0 Å². The molecule has 0 spiro atoms. The van der Waals surface area contributed by atoms with Gasteiger partial charge in [-0.25, -0.2) is 4.68 Å². The Balaban J connectivity index is 2.51. The number of benzene rings is 1. The summed E-state index contributed by atoms with van der Waals surface area (Å²) in [4.78, 5) is 0. The lowest BCUT2D eigenvalue weighted by molar-refractivity contribution is 0.877. The molecule has 2 N–H and O–H groups in total. The maximum absolute atomic E-state index is 9.02. The zero-order valence-electron chi connectivity index (χ0n) is 9.01. The van der Waals surface area contributed by atoms with Gasteiger partial charge in [-0.2, -0.15) is 10.4 Å². The van der Waals surface area contributed by atoms with Crippen molar-refractivity contribution in [3.8, 4) is 11.8 Å². The number of hydrogen-bond acceptors (Lipinski definition) is 3. The lowest BCUT2D eigenvalue weighted by Crippen LogP contribution is -1.99. The fourth-order valence-electron chi connectivity index (χ4n) is 1.52. The summed E-state index contributed by atoms with van der Waals surface area (Å²) in [5, 5.41) is 13.2. The van der Waals surface area contributed by atoms with Gasteiger partial charge in [-0.3, -0.25) is 0 Å². The second-order valence-corrected chi connectivity index (χ2v) is 3.54. The zero-order valence-corrected chi connectivity index (χ0v) is 9.01. The maximum atomic E-state index is 9.02. The molecule has 0 unspecified atom stereocenters. The molecule has 2 rings (SSSR count). The molecule has 4 heteroatoms. The van der Waals surface area contributed by atoms with Gasteiger partial charge in [0.05, 0.1) is 17.4 Å². The van der Waals surface area contributed by atoms with Gasteiger partial charge in [0.1, 0.15) is 6.07 Å². The van der Waals surface area contributed by atoms with Crippen molar-refractivity contribution in [1.82, 2.24) is 9.78 Å². The number of aromatic nitrogens is 2. The minimum absolute atomic E-state index is 0.533. The summed E-state index contributed by atoms with van der Waals surface area (Å²) in [7, 11) is 0. The molecule has 0 saturated heterocycles. The van der Waals surface area contributed by atoms with Crippen LogP contribution in [-0.4, -0.2) is 9.78 Å². The molecule has 2 aromatic rings. The van der Waals surface area contributed by atoms with E-state index in [0.29, 0.717) is 11.3 Å². The van der Waals surface area contributed by atoms with Crippen LogP contribution in [0.3, 0.4) is 0 Å². The normalized spacial score (nSPS) is 10.0. The molecule has 0 aliphatic carbocycles. The molecule has 1 aromatic heterocycles. The molecule has 0 saturated carbocycles. The molecule has 1 heterocycles. The van der Waals surface area contributed by atoms with E-state index >= 15 is 0 Å². The lowest BCUT2D eigenvalue weighted by atomic mass is 10.2. The van der Waals surface area contributed by atoms with Crippen molar-refractivity contribution in [2.75, 3.05) is 5.73 Å². The highest BCUT2D eigenvalue weighted by molar-refractivity contribution is 5.56. The molecule has 16 heavy (non-hydrogen) atoms. The van der Waals surface area contributed by atoms with Crippen LogP contribution in [0.15, 0.2) is 30.6 Å². The Morgan fingerprint density at radius 2 is 2.31 bits per heavy atom. The zero-order chi connectivity index (χ0) is 11.5. The quantitative estimate of drug-likeness (QED) is 0.773. The average molecular weight is 212 g/mol. The van der Waals surface area contributed by atoms with E-state index in [1.165, 1.54) is 0 Å². The Morgan fingerprint density at radius 3 is 2.94 bits per heavy atom. The average Bonchev–Trinajstić information content (AvgIpc) is 2.77. The van der Waals surface area contributed by atoms with Gasteiger partial charge in [-0.1, -0.05) is 6.92 Å². The molecule has 0 fully saturated rings. The Labute approximate surface area is 93.9 Å². The van der Waals surface area contributed by atoms with Gasteiger partial charge in [-0.05, 0) is 30.2 Å². The third-order valence-electron chi connectivity index (χ3n) is 2.43. The predicted molar refractivity (Wildman–Crippen MR) is 62.1 cm³/mol. The van der Waals surface area contributed by atoms with Crippen LogP contribution >= 0.6 is 0 Å². The molecule has 0 radical (unpaired) electrons. The summed E-state index contributed by atoms with van der Waals surface area (Å²) in [6.45, 7) is 2.07. The van der Waals surface area contributed by atoms with E-state index in [2.05, 4.69) is 18.1 Å². The van der Waals surface area contributed by atoms with Crippen LogP contribution < -0.4 is 5.73 Å². The fraction of sp³-hybridized carbons (Fsp3) is 0.167. The van der Waals surface area contributed by atoms with Crippen LogP contribution in [0, 0.1) is 11.3 Å². The third kappa shape index (κ3) is 1.75. The first kappa shape index (κ1) is 10.2. The van der Waals surface area contributed by atoms with E-state index in [9.17, 15) is 0 Å². The largest absolute Gasteiger partial charge is 0.399 e. The molecular formula is C12H12N4. The first-order valence-electron chi connectivity index (χ1n) is 5.08. The number of nitriles is 1. The molecule has 0 aliphatic rings. The van der Waals surface area contributed by atoms with Gasteiger partial charge < -0.3 is 5.73 Å². The van der Waals surface area contributed by atoms with E-state index in [1.54, 1.807) is 29.1 Å². The highest BCUT2D eigenvalue weighted by Gasteiger charge is 2.06. The van der Waals surface area contributed by atoms with E-state index < -0.39 is 0 Å².